The highest BCUT2D eigenvalue weighted by Gasteiger charge is 2.60. The highest BCUT2D eigenvalue weighted by Crippen LogP contribution is 2.44. The van der Waals surface area contributed by atoms with Crippen LogP contribution >= 0.6 is 11.6 Å². The topological polar surface area (TPSA) is 86.8 Å². The summed E-state index contributed by atoms with van der Waals surface area (Å²) in [5.41, 5.74) is 1.91. The Morgan fingerprint density at radius 3 is 2.06 bits per heavy atom. The van der Waals surface area contributed by atoms with Gasteiger partial charge in [-0.2, -0.15) is 0 Å². The molecule has 2 heterocycles. The van der Waals surface area contributed by atoms with Gasteiger partial charge in [0.2, 0.25) is 15.7 Å². The molecule has 2 amide bonds. The van der Waals surface area contributed by atoms with Crippen LogP contribution in [0.5, 0.6) is 0 Å². The number of hydrogen-bond donors (Lipinski definition) is 1. The number of carbonyl (C=O) groups excluding carboxylic acids is 2. The average molecular weight is 486 g/mol. The second kappa shape index (κ2) is 8.68. The molecule has 2 aromatic carbocycles. The molecule has 1 N–H and O–H groups in total. The van der Waals surface area contributed by atoms with Gasteiger partial charge in [0.15, 0.2) is 5.37 Å². The largest absolute Gasteiger partial charge is 0.382 e. The van der Waals surface area contributed by atoms with Crippen molar-refractivity contribution in [1.82, 2.24) is 15.1 Å². The number of fused-ring (bicyclic) bond motifs is 1. The third-order valence-electron chi connectivity index (χ3n) is 5.70. The van der Waals surface area contributed by atoms with Crippen LogP contribution in [-0.2, 0) is 19.4 Å². The van der Waals surface area contributed by atoms with Crippen LogP contribution in [0.2, 0.25) is 0 Å². The smallest absolute Gasteiger partial charge is 0.269 e. The summed E-state index contributed by atoms with van der Waals surface area (Å²) in [6.45, 7) is 1.53. The molecule has 2 aliphatic heterocycles. The van der Waals surface area contributed by atoms with Crippen LogP contribution < -0.4 is 5.32 Å². The predicted molar refractivity (Wildman–Crippen MR) is 127 cm³/mol. The van der Waals surface area contributed by atoms with Crippen molar-refractivity contribution in [2.75, 3.05) is 14.1 Å². The first-order valence-corrected chi connectivity index (χ1v) is 12.3. The minimum absolute atomic E-state index is 0.00156. The Labute approximate surface area is 198 Å². The molecule has 9 heteroatoms. The summed E-state index contributed by atoms with van der Waals surface area (Å²) in [6, 6.07) is 18.4. The van der Waals surface area contributed by atoms with Crippen LogP contribution in [0.4, 0.5) is 0 Å². The number of nitrogens with one attached hydrogen (secondary N) is 1. The van der Waals surface area contributed by atoms with E-state index in [1.54, 1.807) is 19.0 Å². The molecular weight excluding hydrogens is 462 g/mol. The summed E-state index contributed by atoms with van der Waals surface area (Å²) >= 11 is 6.11. The zero-order valence-corrected chi connectivity index (χ0v) is 20.0. The third kappa shape index (κ3) is 3.94. The Morgan fingerprint density at radius 2 is 1.58 bits per heavy atom. The van der Waals surface area contributed by atoms with Gasteiger partial charge < -0.3 is 10.2 Å². The molecular formula is C24H24ClN3O4S. The molecule has 172 valence electrons. The van der Waals surface area contributed by atoms with Gasteiger partial charge in [-0.3, -0.25) is 14.5 Å². The van der Waals surface area contributed by atoms with Crippen molar-refractivity contribution in [3.05, 3.63) is 94.2 Å². The predicted octanol–water partition coefficient (Wildman–Crippen LogP) is 2.77. The molecule has 1 unspecified atom stereocenters. The average Bonchev–Trinajstić information content (AvgIpc) is 2.80. The quantitative estimate of drug-likeness (QED) is 0.520. The van der Waals surface area contributed by atoms with Crippen LogP contribution in [-0.4, -0.2) is 54.9 Å². The number of rotatable bonds is 5. The van der Waals surface area contributed by atoms with Crippen molar-refractivity contribution in [3.8, 4) is 0 Å². The Kier molecular flexibility index (Phi) is 6.07. The molecule has 33 heavy (non-hydrogen) atoms. The van der Waals surface area contributed by atoms with Gasteiger partial charge in [0.1, 0.15) is 11.1 Å². The lowest BCUT2D eigenvalue weighted by atomic mass is 9.98. The fourth-order valence-corrected chi connectivity index (χ4v) is 6.82. The summed E-state index contributed by atoms with van der Waals surface area (Å²) in [7, 11) is -0.561. The molecule has 7 nitrogen and oxygen atoms in total. The maximum absolute atomic E-state index is 13.6. The maximum atomic E-state index is 13.6. The number of sulfone groups is 1. The first-order chi connectivity index (χ1) is 15.6. The Balaban J connectivity index is 1.80. The van der Waals surface area contributed by atoms with E-state index in [1.165, 1.54) is 13.1 Å². The normalized spacial score (nSPS) is 22.8. The van der Waals surface area contributed by atoms with E-state index >= 15 is 0 Å². The molecule has 0 aromatic heterocycles. The highest BCUT2D eigenvalue weighted by molar-refractivity contribution is 7.96. The zero-order chi connectivity index (χ0) is 23.9. The van der Waals surface area contributed by atoms with Crippen molar-refractivity contribution in [3.63, 3.8) is 0 Å². The number of amides is 2. The monoisotopic (exact) mass is 485 g/mol. The van der Waals surface area contributed by atoms with Gasteiger partial charge in [0, 0.05) is 20.3 Å². The first kappa shape index (κ1) is 23.1. The SMILES string of the molecule is CC1=C(C(=O)NC(c2ccccc2)c2ccccc2)N2C(=O)[C@H](Cl)C2S(=O)(=O)/C1=C/N(C)C. The van der Waals surface area contributed by atoms with Crippen molar-refractivity contribution in [2.45, 2.75) is 23.7 Å². The van der Waals surface area contributed by atoms with E-state index < -0.39 is 38.4 Å². The molecule has 0 spiro atoms. The van der Waals surface area contributed by atoms with Crippen molar-refractivity contribution >= 4 is 33.3 Å². The minimum Gasteiger partial charge on any atom is -0.382 e. The number of alkyl halides is 1. The second-order valence-electron chi connectivity index (χ2n) is 8.20. The van der Waals surface area contributed by atoms with E-state index in [9.17, 15) is 18.0 Å². The Morgan fingerprint density at radius 1 is 1.06 bits per heavy atom. The fourth-order valence-electron chi connectivity index (χ4n) is 4.14. The number of carbonyl (C=O) groups is 2. The van der Waals surface area contributed by atoms with Crippen LogP contribution in [0.15, 0.2) is 83.0 Å². The Bertz CT molecular complexity index is 1220. The van der Waals surface area contributed by atoms with Crippen molar-refractivity contribution in [2.24, 2.45) is 0 Å². The minimum atomic E-state index is -3.94. The van der Waals surface area contributed by atoms with Gasteiger partial charge in [-0.25, -0.2) is 8.42 Å². The van der Waals surface area contributed by atoms with Gasteiger partial charge in [-0.15, -0.1) is 11.6 Å². The molecule has 2 atom stereocenters. The molecule has 0 bridgehead atoms. The lowest BCUT2D eigenvalue weighted by Gasteiger charge is -2.47. The zero-order valence-electron chi connectivity index (χ0n) is 18.4. The van der Waals surface area contributed by atoms with Gasteiger partial charge in [0.05, 0.1) is 10.9 Å². The van der Waals surface area contributed by atoms with Crippen LogP contribution in [0, 0.1) is 0 Å². The lowest BCUT2D eigenvalue weighted by molar-refractivity contribution is -0.141. The summed E-state index contributed by atoms with van der Waals surface area (Å²) < 4.78 is 26.3. The van der Waals surface area contributed by atoms with E-state index in [-0.39, 0.29) is 16.2 Å². The van der Waals surface area contributed by atoms with E-state index in [0.29, 0.717) is 0 Å². The summed E-state index contributed by atoms with van der Waals surface area (Å²) in [6.07, 6.45) is 1.44. The number of halogens is 1. The van der Waals surface area contributed by atoms with E-state index in [4.69, 9.17) is 11.6 Å². The van der Waals surface area contributed by atoms with E-state index in [0.717, 1.165) is 16.0 Å². The van der Waals surface area contributed by atoms with E-state index in [2.05, 4.69) is 5.32 Å². The van der Waals surface area contributed by atoms with Gasteiger partial charge >= 0.3 is 0 Å². The van der Waals surface area contributed by atoms with Crippen molar-refractivity contribution in [1.29, 1.82) is 0 Å². The van der Waals surface area contributed by atoms with E-state index in [1.807, 2.05) is 60.7 Å². The van der Waals surface area contributed by atoms with Crippen LogP contribution in [0.3, 0.4) is 0 Å². The number of allylic oxidation sites excluding steroid dienone is 1. The maximum Gasteiger partial charge on any atom is 0.269 e. The number of β-lactam (4-membered cyclic amide) rings is 1. The summed E-state index contributed by atoms with van der Waals surface area (Å²) in [5.74, 6) is -1.15. The van der Waals surface area contributed by atoms with Gasteiger partial charge in [-0.1, -0.05) is 60.7 Å². The third-order valence-corrected chi connectivity index (χ3v) is 8.42. The molecule has 0 saturated carbocycles. The van der Waals surface area contributed by atoms with Crippen LogP contribution in [0.25, 0.3) is 0 Å². The summed E-state index contributed by atoms with van der Waals surface area (Å²) in [4.78, 5) is 28.8. The second-order valence-corrected chi connectivity index (χ2v) is 10.7. The van der Waals surface area contributed by atoms with Crippen LogP contribution in [0.1, 0.15) is 24.1 Å². The highest BCUT2D eigenvalue weighted by atomic mass is 35.5. The lowest BCUT2D eigenvalue weighted by Crippen LogP contribution is -2.68. The van der Waals surface area contributed by atoms with Gasteiger partial charge in [0.25, 0.3) is 5.91 Å². The molecule has 4 rings (SSSR count). The standard InChI is InChI=1S/C24H24ClN3O4S/c1-15-18(14-27(2)3)33(31,32)24-19(25)23(30)28(24)21(15)22(29)26-20(16-10-6-4-7-11-16)17-12-8-5-9-13-17/h4-14,19-20,24H,1-3H3,(H,26,29)/b18-14+/t19-,24?/m0/s1. The Hall–Kier alpha value is -3.10. The first-order valence-electron chi connectivity index (χ1n) is 10.4. The van der Waals surface area contributed by atoms with Gasteiger partial charge in [-0.05, 0) is 23.6 Å². The summed E-state index contributed by atoms with van der Waals surface area (Å²) in [5, 5.41) is 0.451. The molecule has 2 aliphatic rings. The molecule has 2 aromatic rings. The number of benzene rings is 2. The molecule has 0 radical (unpaired) electrons. The number of hydrogen-bond acceptors (Lipinski definition) is 5. The van der Waals surface area contributed by atoms with Crippen molar-refractivity contribution < 1.29 is 18.0 Å². The molecule has 1 fully saturated rings. The molecule has 0 aliphatic carbocycles. The molecule has 1 saturated heterocycles. The fraction of sp³-hybridized carbons (Fsp3) is 0.250. The number of nitrogens with zero attached hydrogens (tertiary/aromatic N) is 2.